The summed E-state index contributed by atoms with van der Waals surface area (Å²) in [5.41, 5.74) is 14.2. The highest BCUT2D eigenvalue weighted by atomic mass is 35.5. The van der Waals surface area contributed by atoms with Crippen LogP contribution in [0.2, 0.25) is 5.02 Å². The van der Waals surface area contributed by atoms with E-state index < -0.39 is 0 Å². The molecule has 0 radical (unpaired) electrons. The molecule has 0 aliphatic heterocycles. The lowest BCUT2D eigenvalue weighted by Crippen LogP contribution is -1.95. The highest BCUT2D eigenvalue weighted by molar-refractivity contribution is 6.36. The molecular weight excluding hydrogens is 196 g/mol. The zero-order valence-corrected chi connectivity index (χ0v) is 8.60. The largest absolute Gasteiger partial charge is 0.398 e. The Morgan fingerprint density at radius 1 is 1.07 bits per heavy atom. The number of nitrogens with two attached hydrogens (primary N) is 2. The van der Waals surface area contributed by atoms with Crippen molar-refractivity contribution in [1.82, 2.24) is 0 Å². The van der Waals surface area contributed by atoms with Crippen molar-refractivity contribution in [3.8, 4) is 0 Å². The van der Waals surface area contributed by atoms with Crippen molar-refractivity contribution in [3.05, 3.63) is 34.9 Å². The minimum Gasteiger partial charge on any atom is -0.398 e. The van der Waals surface area contributed by atoms with Gasteiger partial charge < -0.3 is 11.5 Å². The summed E-state index contributed by atoms with van der Waals surface area (Å²) in [6.45, 7) is 1.95. The molecule has 0 aliphatic rings. The molecule has 0 saturated carbocycles. The van der Waals surface area contributed by atoms with Gasteiger partial charge >= 0.3 is 0 Å². The molecule has 0 unspecified atom stereocenters. The molecule has 2 aromatic carbocycles. The number of anilines is 2. The second-order valence-electron chi connectivity index (χ2n) is 3.36. The first-order chi connectivity index (χ1) is 6.61. The maximum atomic E-state index is 6.04. The molecule has 0 aromatic heterocycles. The number of hydrogen-bond donors (Lipinski definition) is 2. The van der Waals surface area contributed by atoms with Crippen LogP contribution in [0.15, 0.2) is 24.3 Å². The van der Waals surface area contributed by atoms with E-state index in [1.807, 2.05) is 19.1 Å². The third kappa shape index (κ3) is 1.19. The summed E-state index contributed by atoms with van der Waals surface area (Å²) in [7, 11) is 0. The quantitative estimate of drug-likeness (QED) is 0.652. The van der Waals surface area contributed by atoms with E-state index in [-0.39, 0.29) is 0 Å². The molecule has 2 rings (SSSR count). The number of rotatable bonds is 0. The van der Waals surface area contributed by atoms with Crippen LogP contribution in [0, 0.1) is 6.92 Å². The van der Waals surface area contributed by atoms with E-state index in [9.17, 15) is 0 Å². The van der Waals surface area contributed by atoms with Crippen molar-refractivity contribution in [2.75, 3.05) is 11.5 Å². The molecule has 0 saturated heterocycles. The normalized spacial score (nSPS) is 10.7. The minimum atomic E-state index is 0.672. The van der Waals surface area contributed by atoms with Crippen molar-refractivity contribution in [3.63, 3.8) is 0 Å². The summed E-state index contributed by atoms with van der Waals surface area (Å²) in [5, 5.41) is 2.45. The monoisotopic (exact) mass is 206 g/mol. The third-order valence-corrected chi connectivity index (χ3v) is 2.75. The number of aryl methyl sites for hydroxylation is 1. The molecule has 2 aromatic rings. The third-order valence-electron chi connectivity index (χ3n) is 2.42. The van der Waals surface area contributed by atoms with Gasteiger partial charge in [-0.3, -0.25) is 0 Å². The van der Waals surface area contributed by atoms with Gasteiger partial charge in [-0.1, -0.05) is 23.7 Å². The van der Waals surface area contributed by atoms with E-state index in [1.165, 1.54) is 0 Å². The number of halogens is 1. The summed E-state index contributed by atoms with van der Waals surface area (Å²) < 4.78 is 0. The van der Waals surface area contributed by atoms with Crippen LogP contribution in [-0.4, -0.2) is 0 Å². The molecule has 4 N–H and O–H groups in total. The van der Waals surface area contributed by atoms with E-state index in [0.29, 0.717) is 16.4 Å². The smallest absolute Gasteiger partial charge is 0.0486 e. The molecule has 72 valence electrons. The minimum absolute atomic E-state index is 0.672. The van der Waals surface area contributed by atoms with E-state index >= 15 is 0 Å². The predicted octanol–water partition coefficient (Wildman–Crippen LogP) is 2.97. The van der Waals surface area contributed by atoms with Gasteiger partial charge in [-0.05, 0) is 24.6 Å². The topological polar surface area (TPSA) is 52.0 Å². The van der Waals surface area contributed by atoms with Crippen LogP contribution in [-0.2, 0) is 0 Å². The summed E-state index contributed by atoms with van der Waals surface area (Å²) in [6, 6.07) is 7.46. The van der Waals surface area contributed by atoms with Crippen molar-refractivity contribution >= 4 is 33.7 Å². The number of benzene rings is 2. The van der Waals surface area contributed by atoms with Crippen LogP contribution in [0.4, 0.5) is 11.4 Å². The first kappa shape index (κ1) is 9.16. The van der Waals surface area contributed by atoms with Crippen LogP contribution in [0.25, 0.3) is 10.8 Å². The standard InChI is InChI=1S/C11H11ClN2/c1-6-2-3-7-8(12)4-5-9(13)10(7)11(6)14/h2-5H,13-14H2,1H3. The Labute approximate surface area is 87.5 Å². The van der Waals surface area contributed by atoms with Gasteiger partial charge in [0.2, 0.25) is 0 Å². The van der Waals surface area contributed by atoms with E-state index in [1.54, 1.807) is 12.1 Å². The molecule has 2 nitrogen and oxygen atoms in total. The van der Waals surface area contributed by atoms with Crippen molar-refractivity contribution in [2.24, 2.45) is 0 Å². The summed E-state index contributed by atoms with van der Waals surface area (Å²) in [5.74, 6) is 0. The molecule has 14 heavy (non-hydrogen) atoms. The van der Waals surface area contributed by atoms with Crippen molar-refractivity contribution < 1.29 is 0 Å². The average Bonchev–Trinajstić information content (AvgIpc) is 2.16. The fraction of sp³-hybridized carbons (Fsp3) is 0.0909. The number of nitrogen functional groups attached to an aromatic ring is 2. The SMILES string of the molecule is Cc1ccc2c(Cl)ccc(N)c2c1N. The number of hydrogen-bond acceptors (Lipinski definition) is 2. The lowest BCUT2D eigenvalue weighted by Gasteiger charge is -2.09. The van der Waals surface area contributed by atoms with Crippen molar-refractivity contribution in [1.29, 1.82) is 0 Å². The summed E-state index contributed by atoms with van der Waals surface area (Å²) in [4.78, 5) is 0. The molecule has 0 heterocycles. The van der Waals surface area contributed by atoms with Crippen LogP contribution in [0.1, 0.15) is 5.56 Å². The van der Waals surface area contributed by atoms with Crippen molar-refractivity contribution in [2.45, 2.75) is 6.92 Å². The Morgan fingerprint density at radius 3 is 2.50 bits per heavy atom. The van der Waals surface area contributed by atoms with Gasteiger partial charge in [-0.25, -0.2) is 0 Å². The zero-order valence-electron chi connectivity index (χ0n) is 7.84. The van der Waals surface area contributed by atoms with Crippen LogP contribution >= 0.6 is 11.6 Å². The van der Waals surface area contributed by atoms with E-state index in [4.69, 9.17) is 23.1 Å². The maximum Gasteiger partial charge on any atom is 0.0486 e. The van der Waals surface area contributed by atoms with Gasteiger partial charge in [0.15, 0.2) is 0 Å². The Hall–Kier alpha value is -1.41. The molecule has 0 bridgehead atoms. The fourth-order valence-electron chi connectivity index (χ4n) is 1.57. The first-order valence-electron chi connectivity index (χ1n) is 4.34. The van der Waals surface area contributed by atoms with Gasteiger partial charge in [-0.2, -0.15) is 0 Å². The molecule has 0 aliphatic carbocycles. The number of fused-ring (bicyclic) bond motifs is 1. The second-order valence-corrected chi connectivity index (χ2v) is 3.76. The Bertz CT molecular complexity index is 506. The van der Waals surface area contributed by atoms with Crippen LogP contribution in [0.3, 0.4) is 0 Å². The second kappa shape index (κ2) is 3.07. The molecule has 3 heteroatoms. The highest BCUT2D eigenvalue weighted by Gasteiger charge is 2.07. The summed E-state index contributed by atoms with van der Waals surface area (Å²) >= 11 is 6.04. The highest BCUT2D eigenvalue weighted by Crippen LogP contribution is 2.33. The van der Waals surface area contributed by atoms with Gasteiger partial charge in [0, 0.05) is 27.2 Å². The lowest BCUT2D eigenvalue weighted by atomic mass is 10.0. The Kier molecular flexibility index (Phi) is 2.01. The first-order valence-corrected chi connectivity index (χ1v) is 4.72. The molecule has 0 fully saturated rings. The maximum absolute atomic E-state index is 6.04. The Morgan fingerprint density at radius 2 is 1.79 bits per heavy atom. The molecular formula is C11H11ClN2. The summed E-state index contributed by atoms with van der Waals surface area (Å²) in [6.07, 6.45) is 0. The van der Waals surface area contributed by atoms with Gasteiger partial charge in [0.25, 0.3) is 0 Å². The zero-order chi connectivity index (χ0) is 10.3. The van der Waals surface area contributed by atoms with Gasteiger partial charge in [-0.15, -0.1) is 0 Å². The lowest BCUT2D eigenvalue weighted by molar-refractivity contribution is 1.50. The van der Waals surface area contributed by atoms with E-state index in [2.05, 4.69) is 0 Å². The average molecular weight is 207 g/mol. The Balaban J connectivity index is 3.01. The van der Waals surface area contributed by atoms with Gasteiger partial charge in [0.05, 0.1) is 0 Å². The van der Waals surface area contributed by atoms with Crippen LogP contribution < -0.4 is 11.5 Å². The fourth-order valence-corrected chi connectivity index (χ4v) is 1.79. The van der Waals surface area contributed by atoms with Crippen LogP contribution in [0.5, 0.6) is 0 Å². The van der Waals surface area contributed by atoms with E-state index in [0.717, 1.165) is 16.3 Å². The molecule has 0 atom stereocenters. The van der Waals surface area contributed by atoms with Gasteiger partial charge in [0.1, 0.15) is 0 Å². The predicted molar refractivity (Wildman–Crippen MR) is 62.5 cm³/mol. The molecule has 0 amide bonds. The molecule has 0 spiro atoms.